The second kappa shape index (κ2) is 16.8. The highest BCUT2D eigenvalue weighted by molar-refractivity contribution is 9.11. The van der Waals surface area contributed by atoms with Crippen molar-refractivity contribution in [1.82, 2.24) is 0 Å². The monoisotopic (exact) mass is 844 g/mol. The molecule has 0 spiro atoms. The molecule has 1 aromatic rings. The van der Waals surface area contributed by atoms with Gasteiger partial charge in [-0.25, -0.2) is 9.59 Å². The molecule has 13 heteroatoms. The van der Waals surface area contributed by atoms with E-state index in [9.17, 15) is 14.7 Å². The molecular weight excluding hydrogens is 806 g/mol. The summed E-state index contributed by atoms with van der Waals surface area (Å²) in [6.07, 6.45) is 0.809. The van der Waals surface area contributed by atoms with Crippen LogP contribution in [0.3, 0.4) is 0 Å². The smallest absolute Gasteiger partial charge is 0.340 e. The van der Waals surface area contributed by atoms with E-state index in [2.05, 4.69) is 47.8 Å². The zero-order valence-electron chi connectivity index (χ0n) is 23.8. The van der Waals surface area contributed by atoms with E-state index >= 15 is 0 Å². The quantitative estimate of drug-likeness (QED) is 0.234. The normalized spacial score (nSPS) is 40.5. The number of aliphatic hydroxyl groups is 1. The van der Waals surface area contributed by atoms with E-state index in [0.29, 0.717) is 5.56 Å². The molecule has 3 saturated heterocycles. The maximum Gasteiger partial charge on any atom is 0.340 e. The van der Waals surface area contributed by atoms with E-state index in [1.165, 1.54) is 0 Å². The molecule has 3 unspecified atom stereocenters. The summed E-state index contributed by atoms with van der Waals surface area (Å²) >= 11 is 28.1. The number of ether oxygens (including phenoxy) is 4. The first-order valence-electron chi connectivity index (χ1n) is 13.6. The van der Waals surface area contributed by atoms with E-state index < -0.39 is 29.9 Å². The van der Waals surface area contributed by atoms with Gasteiger partial charge in [0.2, 0.25) is 10.1 Å². The van der Waals surface area contributed by atoms with Gasteiger partial charge in [-0.15, -0.1) is 11.6 Å². The minimum absolute atomic E-state index is 0. The summed E-state index contributed by atoms with van der Waals surface area (Å²) in [6, 6.07) is 8.80. The molecule has 1 aromatic carbocycles. The number of carbonyl (C=O) groups excluding carboxylic acids is 2. The van der Waals surface area contributed by atoms with E-state index in [-0.39, 0.29) is 49.5 Å². The van der Waals surface area contributed by atoms with Crippen molar-refractivity contribution in [1.29, 1.82) is 0 Å². The molecule has 0 aliphatic carbocycles. The van der Waals surface area contributed by atoms with Crippen LogP contribution in [-0.2, 0) is 23.7 Å². The van der Waals surface area contributed by atoms with Gasteiger partial charge in [0.25, 0.3) is 0 Å². The van der Waals surface area contributed by atoms with Crippen LogP contribution in [0, 0.1) is 17.8 Å². The number of hydrogen-bond donors (Lipinski definition) is 1. The summed E-state index contributed by atoms with van der Waals surface area (Å²) in [6.45, 7) is 11.8. The number of halogens is 6. The molecule has 4 rings (SSSR count). The lowest BCUT2D eigenvalue weighted by Crippen LogP contribution is -2.34. The van der Waals surface area contributed by atoms with Crippen LogP contribution in [0.15, 0.2) is 30.3 Å². The predicted molar refractivity (Wildman–Crippen MR) is 179 cm³/mol. The molecule has 3 aliphatic rings. The Morgan fingerprint density at radius 3 is 1.67 bits per heavy atom. The van der Waals surface area contributed by atoms with Gasteiger partial charge in [0.1, 0.15) is 6.10 Å². The van der Waals surface area contributed by atoms with Crippen LogP contribution in [0.2, 0.25) is 0 Å². The van der Waals surface area contributed by atoms with Gasteiger partial charge in [-0.05, 0) is 31.4 Å². The Labute approximate surface area is 290 Å². The SMILES string of the molecule is C.CC[C@H]1OC(=O)[C@](Cl)(Br)[C@@H]1C.CC[C@H]1OC(O)[C@](Cl)(Br)[C@@H]1C.CC[C@H]1OC(OC(=O)c2ccccc2)C(Cl)(Br)[C@@H]1C. The molecule has 42 heavy (non-hydrogen) atoms. The first kappa shape index (κ1) is 40.4. The van der Waals surface area contributed by atoms with E-state index in [0.717, 1.165) is 19.3 Å². The third-order valence-electron chi connectivity index (χ3n) is 7.67. The number of esters is 2. The Hall–Kier alpha value is 0.350. The van der Waals surface area contributed by atoms with Gasteiger partial charge in [-0.3, -0.25) is 0 Å². The molecule has 0 radical (unpaired) electrons. The highest BCUT2D eigenvalue weighted by atomic mass is 79.9. The van der Waals surface area contributed by atoms with E-state index in [4.69, 9.17) is 53.8 Å². The van der Waals surface area contributed by atoms with Gasteiger partial charge in [-0.2, -0.15) is 0 Å². The molecule has 3 heterocycles. The highest BCUT2D eigenvalue weighted by Gasteiger charge is 2.54. The molecule has 3 fully saturated rings. The maximum atomic E-state index is 12.0. The Balaban J connectivity index is 0.000000332. The average Bonchev–Trinajstić information content (AvgIpc) is 3.38. The lowest BCUT2D eigenvalue weighted by molar-refractivity contribution is -0.141. The van der Waals surface area contributed by atoms with Crippen molar-refractivity contribution in [2.24, 2.45) is 17.8 Å². The molecule has 7 nitrogen and oxygen atoms in total. The van der Waals surface area contributed by atoms with Gasteiger partial charge >= 0.3 is 11.9 Å². The fraction of sp³-hybridized carbons (Fsp3) is 0.724. The Morgan fingerprint density at radius 2 is 1.33 bits per heavy atom. The fourth-order valence-corrected chi connectivity index (χ4v) is 6.50. The van der Waals surface area contributed by atoms with Crippen LogP contribution in [0.1, 0.15) is 78.6 Å². The van der Waals surface area contributed by atoms with Crippen LogP contribution in [0.4, 0.5) is 0 Å². The molecule has 242 valence electrons. The molecule has 0 bridgehead atoms. The first-order chi connectivity index (χ1) is 19.0. The van der Waals surface area contributed by atoms with E-state index in [1.54, 1.807) is 24.3 Å². The number of alkyl halides is 6. The Morgan fingerprint density at radius 1 is 0.857 bits per heavy atom. The van der Waals surface area contributed by atoms with Crippen LogP contribution < -0.4 is 0 Å². The fourth-order valence-electron chi connectivity index (χ4n) is 4.60. The van der Waals surface area contributed by atoms with E-state index in [1.807, 2.05) is 47.6 Å². The summed E-state index contributed by atoms with van der Waals surface area (Å²) in [5.74, 6) is -0.587. The minimum Gasteiger partial charge on any atom is -0.460 e. The molecule has 11 atom stereocenters. The summed E-state index contributed by atoms with van der Waals surface area (Å²) in [7, 11) is 0. The number of rotatable bonds is 5. The van der Waals surface area contributed by atoms with Crippen LogP contribution in [0.25, 0.3) is 0 Å². The minimum atomic E-state index is -0.992. The molecule has 0 saturated carbocycles. The molecule has 3 aliphatic heterocycles. The van der Waals surface area contributed by atoms with Gasteiger partial charge in [0.05, 0.1) is 17.8 Å². The van der Waals surface area contributed by atoms with Gasteiger partial charge in [0, 0.05) is 17.8 Å². The van der Waals surface area contributed by atoms with Crippen molar-refractivity contribution >= 4 is 94.5 Å². The zero-order valence-corrected chi connectivity index (χ0v) is 30.8. The highest BCUT2D eigenvalue weighted by Crippen LogP contribution is 2.48. The summed E-state index contributed by atoms with van der Waals surface area (Å²) in [4.78, 5) is 23.1. The second-order valence-corrected chi connectivity index (χ2v) is 17.4. The summed E-state index contributed by atoms with van der Waals surface area (Å²) < 4.78 is 18.7. The maximum absolute atomic E-state index is 12.0. The third-order valence-corrected chi connectivity index (χ3v) is 12.5. The van der Waals surface area contributed by atoms with Crippen molar-refractivity contribution < 1.29 is 33.6 Å². The lowest BCUT2D eigenvalue weighted by atomic mass is 10.0. The number of hydrogen-bond acceptors (Lipinski definition) is 7. The average molecular weight is 849 g/mol. The van der Waals surface area contributed by atoms with Crippen molar-refractivity contribution in [3.05, 3.63) is 35.9 Å². The Bertz CT molecular complexity index is 1020. The van der Waals surface area contributed by atoms with Crippen LogP contribution >= 0.6 is 82.6 Å². The second-order valence-electron chi connectivity index (χ2n) is 10.3. The molecular formula is C29H42Br3Cl3O7. The number of aliphatic hydroxyl groups excluding tert-OH is 1. The molecule has 0 aromatic heterocycles. The summed E-state index contributed by atoms with van der Waals surface area (Å²) in [5, 5.41) is 9.33. The van der Waals surface area contributed by atoms with Crippen molar-refractivity contribution in [3.8, 4) is 0 Å². The molecule has 1 N–H and O–H groups in total. The van der Waals surface area contributed by atoms with Crippen molar-refractivity contribution in [3.63, 3.8) is 0 Å². The lowest BCUT2D eigenvalue weighted by Gasteiger charge is -2.23. The van der Waals surface area contributed by atoms with Gasteiger partial charge in [-0.1, -0.05) is 138 Å². The third kappa shape index (κ3) is 9.21. The largest absolute Gasteiger partial charge is 0.460 e. The number of cyclic esters (lactones) is 1. The predicted octanol–water partition coefficient (Wildman–Crippen LogP) is 8.95. The topological polar surface area (TPSA) is 91.3 Å². The van der Waals surface area contributed by atoms with Crippen molar-refractivity contribution in [2.45, 2.75) is 110 Å². The standard InChI is InChI=1S/C14H16BrClO3.C7H12BrClO2.C7H10BrClO2.CH4/c1-3-11-9(2)14(15,16)13(18-11)19-12(17)10-7-5-4-6-8-10;2*1-3-5-4(2)7(8,9)6(10)11-5;/h4-9,11,13H,3H2,1-2H3;4-6,10H,3H2,1-2H3;4-5H,3H2,1-2H3;1H4/t9-,11-,13?,14?;4-,5-,6?,7+;4-,5-,7+;/m111./s1. The molecule has 0 amide bonds. The van der Waals surface area contributed by atoms with Crippen LogP contribution in [0.5, 0.6) is 0 Å². The van der Waals surface area contributed by atoms with Crippen molar-refractivity contribution in [2.75, 3.05) is 0 Å². The Kier molecular flexibility index (Phi) is 16.1. The zero-order chi connectivity index (χ0) is 31.3. The van der Waals surface area contributed by atoms with Crippen LogP contribution in [-0.4, -0.2) is 59.3 Å². The van der Waals surface area contributed by atoms with Gasteiger partial charge < -0.3 is 24.1 Å². The van der Waals surface area contributed by atoms with Gasteiger partial charge in [0.15, 0.2) is 13.9 Å². The number of carbonyl (C=O) groups is 2. The first-order valence-corrected chi connectivity index (χ1v) is 17.1. The summed E-state index contributed by atoms with van der Waals surface area (Å²) in [5.41, 5.74) is 0.485. The number of benzene rings is 1.